The molecule has 0 atom stereocenters. The Bertz CT molecular complexity index is 3200. The molecule has 5 nitrogen and oxygen atoms in total. The van der Waals surface area contributed by atoms with Crippen LogP contribution in [0.5, 0.6) is 0 Å². The van der Waals surface area contributed by atoms with Crippen LogP contribution in [0.15, 0.2) is 185 Å². The average Bonchev–Trinajstić information content (AvgIpc) is 3.81. The van der Waals surface area contributed by atoms with Crippen LogP contribution in [0.4, 0.5) is 0 Å². The third-order valence-corrected chi connectivity index (χ3v) is 10.3. The monoisotopic (exact) mass is 691 g/mol. The summed E-state index contributed by atoms with van der Waals surface area (Å²) in [6, 6.07) is 60.5. The Morgan fingerprint density at radius 2 is 0.870 bits per heavy atom. The Labute approximate surface area is 309 Å². The normalized spacial score (nSPS) is 11.7. The molecular weight excluding hydrogens is 663 g/mol. The first-order chi connectivity index (χ1) is 26.7. The number of para-hydroxylation sites is 1. The summed E-state index contributed by atoms with van der Waals surface area (Å²) >= 11 is 0. The van der Waals surface area contributed by atoms with Crippen molar-refractivity contribution in [2.75, 3.05) is 0 Å². The van der Waals surface area contributed by atoms with E-state index in [0.717, 1.165) is 88.0 Å². The molecule has 0 aliphatic heterocycles. The average molecular weight is 692 g/mol. The number of nitrogens with zero attached hydrogens (tertiary/aromatic N) is 3. The van der Waals surface area contributed by atoms with Crippen LogP contribution in [-0.2, 0) is 0 Å². The fourth-order valence-electron chi connectivity index (χ4n) is 7.66. The van der Waals surface area contributed by atoms with E-state index in [1.54, 1.807) is 0 Å². The predicted molar refractivity (Wildman–Crippen MR) is 219 cm³/mol. The maximum atomic E-state index is 6.85. The van der Waals surface area contributed by atoms with Crippen LogP contribution in [0.3, 0.4) is 0 Å². The van der Waals surface area contributed by atoms with Crippen molar-refractivity contribution >= 4 is 54.6 Å². The summed E-state index contributed by atoms with van der Waals surface area (Å²) in [4.78, 5) is 15.4. The largest absolute Gasteiger partial charge is 0.456 e. The van der Waals surface area contributed by atoms with Gasteiger partial charge < -0.3 is 8.83 Å². The highest BCUT2D eigenvalue weighted by atomic mass is 16.3. The first kappa shape index (κ1) is 30.3. The van der Waals surface area contributed by atoms with Crippen molar-refractivity contribution in [1.82, 2.24) is 15.0 Å². The Kier molecular flexibility index (Phi) is 6.79. The zero-order chi connectivity index (χ0) is 35.6. The van der Waals surface area contributed by atoms with Gasteiger partial charge in [-0.25, -0.2) is 15.0 Å². The second kappa shape index (κ2) is 12.1. The molecule has 5 heteroatoms. The molecule has 0 N–H and O–H groups in total. The van der Waals surface area contributed by atoms with Gasteiger partial charge in [-0.15, -0.1) is 0 Å². The quantitative estimate of drug-likeness (QED) is 0.180. The molecule has 0 unspecified atom stereocenters. The number of benzene rings is 8. The minimum absolute atomic E-state index is 0.563. The van der Waals surface area contributed by atoms with Crippen molar-refractivity contribution in [3.63, 3.8) is 0 Å². The number of aromatic nitrogens is 3. The van der Waals surface area contributed by atoms with Crippen LogP contribution in [0, 0.1) is 0 Å². The summed E-state index contributed by atoms with van der Waals surface area (Å²) in [6.07, 6.45) is 0. The first-order valence-corrected chi connectivity index (χ1v) is 18.0. The lowest BCUT2D eigenvalue weighted by atomic mass is 9.95. The standard InChI is InChI=1S/C49H29N3O2/c1-3-11-30(12-4-1)31-19-21-32(22-20-31)37-25-26-40(45-41-27-34-15-7-8-16-35(34)28-44(41)54-46(37)45)49-51-47(33-13-5-2-6-14-33)50-48(52-49)36-23-24-39-38-17-9-10-18-42(38)53-43(39)29-36/h1-29H. The summed E-state index contributed by atoms with van der Waals surface area (Å²) in [5.74, 6) is 1.72. The van der Waals surface area contributed by atoms with Gasteiger partial charge in [0.15, 0.2) is 17.5 Å². The highest BCUT2D eigenvalue weighted by molar-refractivity contribution is 6.18. The summed E-state index contributed by atoms with van der Waals surface area (Å²) < 4.78 is 13.1. The molecule has 3 heterocycles. The van der Waals surface area contributed by atoms with Crippen molar-refractivity contribution in [3.8, 4) is 56.4 Å². The van der Waals surface area contributed by atoms with E-state index in [1.807, 2.05) is 60.7 Å². The smallest absolute Gasteiger partial charge is 0.164 e. The summed E-state index contributed by atoms with van der Waals surface area (Å²) in [6.45, 7) is 0. The molecule has 252 valence electrons. The fraction of sp³-hybridized carbons (Fsp3) is 0. The molecule has 0 saturated carbocycles. The SMILES string of the molecule is c1ccc(-c2ccc(-c3ccc(-c4nc(-c5ccccc5)nc(-c5ccc6c(c5)oc5ccccc56)n4)c4c3oc3cc5ccccc5cc34)cc2)cc1. The molecule has 0 fully saturated rings. The van der Waals surface area contributed by atoms with Gasteiger partial charge in [-0.3, -0.25) is 0 Å². The minimum atomic E-state index is 0.563. The third kappa shape index (κ3) is 4.98. The van der Waals surface area contributed by atoms with Gasteiger partial charge in [-0.05, 0) is 69.9 Å². The van der Waals surface area contributed by atoms with Gasteiger partial charge in [0.2, 0.25) is 0 Å². The second-order valence-corrected chi connectivity index (χ2v) is 13.6. The summed E-state index contributed by atoms with van der Waals surface area (Å²) in [7, 11) is 0. The van der Waals surface area contributed by atoms with Crippen molar-refractivity contribution < 1.29 is 8.83 Å². The topological polar surface area (TPSA) is 65.0 Å². The maximum absolute atomic E-state index is 6.85. The molecule has 0 aliphatic rings. The van der Waals surface area contributed by atoms with Gasteiger partial charge in [0.1, 0.15) is 22.3 Å². The number of fused-ring (bicyclic) bond motifs is 7. The third-order valence-electron chi connectivity index (χ3n) is 10.3. The van der Waals surface area contributed by atoms with E-state index in [2.05, 4.69) is 115 Å². The summed E-state index contributed by atoms with van der Waals surface area (Å²) in [5, 5.41) is 6.36. The molecule has 0 radical (unpaired) electrons. The zero-order valence-electron chi connectivity index (χ0n) is 28.9. The fourth-order valence-corrected chi connectivity index (χ4v) is 7.66. The number of rotatable bonds is 5. The van der Waals surface area contributed by atoms with E-state index >= 15 is 0 Å². The number of furan rings is 2. The van der Waals surface area contributed by atoms with Crippen LogP contribution in [-0.4, -0.2) is 15.0 Å². The van der Waals surface area contributed by atoms with Gasteiger partial charge in [-0.1, -0.05) is 133 Å². The molecule has 0 amide bonds. The maximum Gasteiger partial charge on any atom is 0.164 e. The van der Waals surface area contributed by atoms with E-state index in [-0.39, 0.29) is 0 Å². The highest BCUT2D eigenvalue weighted by Crippen LogP contribution is 2.43. The number of hydrogen-bond donors (Lipinski definition) is 0. The molecule has 3 aromatic heterocycles. The Morgan fingerprint density at radius 3 is 1.67 bits per heavy atom. The first-order valence-electron chi connectivity index (χ1n) is 18.0. The van der Waals surface area contributed by atoms with Crippen molar-refractivity contribution in [2.45, 2.75) is 0 Å². The van der Waals surface area contributed by atoms with Crippen molar-refractivity contribution in [2.24, 2.45) is 0 Å². The molecule has 0 aliphatic carbocycles. The summed E-state index contributed by atoms with van der Waals surface area (Å²) in [5.41, 5.74) is 10.3. The van der Waals surface area contributed by atoms with Crippen LogP contribution in [0.1, 0.15) is 0 Å². The molecule has 0 saturated heterocycles. The Balaban J connectivity index is 1.15. The lowest BCUT2D eigenvalue weighted by Gasteiger charge is -2.11. The Hall–Kier alpha value is -7.37. The van der Waals surface area contributed by atoms with Crippen LogP contribution < -0.4 is 0 Å². The van der Waals surface area contributed by atoms with E-state index in [4.69, 9.17) is 23.8 Å². The minimum Gasteiger partial charge on any atom is -0.456 e. The lowest BCUT2D eigenvalue weighted by molar-refractivity contribution is 0.669. The molecule has 0 spiro atoms. The van der Waals surface area contributed by atoms with Crippen molar-refractivity contribution in [1.29, 1.82) is 0 Å². The molecular formula is C49H29N3O2. The molecule has 54 heavy (non-hydrogen) atoms. The molecule has 0 bridgehead atoms. The van der Waals surface area contributed by atoms with Gasteiger partial charge in [0, 0.05) is 43.8 Å². The molecule has 11 rings (SSSR count). The highest BCUT2D eigenvalue weighted by Gasteiger charge is 2.22. The van der Waals surface area contributed by atoms with E-state index < -0.39 is 0 Å². The second-order valence-electron chi connectivity index (χ2n) is 13.6. The van der Waals surface area contributed by atoms with Gasteiger partial charge >= 0.3 is 0 Å². The van der Waals surface area contributed by atoms with Gasteiger partial charge in [0.25, 0.3) is 0 Å². The predicted octanol–water partition coefficient (Wildman–Crippen LogP) is 13.2. The van der Waals surface area contributed by atoms with E-state index in [1.165, 1.54) is 5.56 Å². The van der Waals surface area contributed by atoms with Crippen LogP contribution >= 0.6 is 0 Å². The van der Waals surface area contributed by atoms with Crippen LogP contribution in [0.2, 0.25) is 0 Å². The van der Waals surface area contributed by atoms with Gasteiger partial charge in [-0.2, -0.15) is 0 Å². The van der Waals surface area contributed by atoms with Gasteiger partial charge in [0.05, 0.1) is 0 Å². The zero-order valence-corrected chi connectivity index (χ0v) is 28.9. The molecule has 11 aromatic rings. The lowest BCUT2D eigenvalue weighted by Crippen LogP contribution is -2.00. The van der Waals surface area contributed by atoms with E-state index in [0.29, 0.717) is 17.5 Å². The number of hydrogen-bond acceptors (Lipinski definition) is 5. The Morgan fingerprint density at radius 1 is 0.315 bits per heavy atom. The molecule has 8 aromatic carbocycles. The van der Waals surface area contributed by atoms with Crippen LogP contribution in [0.25, 0.3) is 111 Å². The van der Waals surface area contributed by atoms with E-state index in [9.17, 15) is 0 Å². The van der Waals surface area contributed by atoms with Crippen molar-refractivity contribution in [3.05, 3.63) is 176 Å².